The fraction of sp³-hybridized carbons (Fsp3) is 0.435. The number of carbonyl (C=O) groups excluding carboxylic acids is 2. The number of fused-ring (bicyclic) bond motifs is 1. The molecule has 0 aliphatic carbocycles. The van der Waals surface area contributed by atoms with E-state index in [-0.39, 0.29) is 31.1 Å². The zero-order chi connectivity index (χ0) is 24.9. The van der Waals surface area contributed by atoms with Gasteiger partial charge in [-0.3, -0.25) is 9.69 Å². The number of amides is 4. The average Bonchev–Trinajstić information content (AvgIpc) is 3.27. The monoisotopic (exact) mass is 483 g/mol. The highest BCUT2D eigenvalue weighted by Gasteiger charge is 2.32. The van der Waals surface area contributed by atoms with Gasteiger partial charge in [-0.1, -0.05) is 0 Å². The first kappa shape index (κ1) is 24.2. The van der Waals surface area contributed by atoms with Crippen LogP contribution in [0.4, 0.5) is 21.1 Å². The van der Waals surface area contributed by atoms with Gasteiger partial charge in [0, 0.05) is 43.4 Å². The molecule has 0 radical (unpaired) electrons. The number of carbonyl (C=O) groups is 3. The van der Waals surface area contributed by atoms with Crippen LogP contribution in [0, 0.1) is 0 Å². The fourth-order valence-electron chi connectivity index (χ4n) is 4.07. The molecular formula is C23H29N7O5. The molecule has 4 rings (SSSR count). The van der Waals surface area contributed by atoms with Crippen molar-refractivity contribution in [1.82, 2.24) is 25.5 Å². The molecule has 1 aromatic heterocycles. The third-order valence-electron chi connectivity index (χ3n) is 5.86. The third-order valence-corrected chi connectivity index (χ3v) is 5.86. The number of nitrogens with one attached hydrogen (secondary N) is 3. The molecule has 186 valence electrons. The van der Waals surface area contributed by atoms with Crippen LogP contribution in [-0.4, -0.2) is 76.9 Å². The zero-order valence-electron chi connectivity index (χ0n) is 19.7. The van der Waals surface area contributed by atoms with E-state index in [2.05, 4.69) is 32.8 Å². The first-order valence-corrected chi connectivity index (χ1v) is 11.4. The normalized spacial score (nSPS) is 17.0. The molecule has 2 aliphatic heterocycles. The van der Waals surface area contributed by atoms with Gasteiger partial charge in [0.1, 0.15) is 5.82 Å². The lowest BCUT2D eigenvalue weighted by atomic mass is 10.1. The lowest BCUT2D eigenvalue weighted by molar-refractivity contribution is -0.118. The summed E-state index contributed by atoms with van der Waals surface area (Å²) in [5, 5.41) is 17.5. The Morgan fingerprint density at radius 3 is 2.54 bits per heavy atom. The number of nitrogens with zero attached hydrogens (tertiary/aromatic N) is 4. The van der Waals surface area contributed by atoms with Gasteiger partial charge < -0.3 is 30.7 Å². The molecule has 2 aliphatic rings. The predicted octanol–water partition coefficient (Wildman–Crippen LogP) is 1.62. The van der Waals surface area contributed by atoms with Crippen LogP contribution in [0.5, 0.6) is 0 Å². The summed E-state index contributed by atoms with van der Waals surface area (Å²) in [5.74, 6) is 1.08. The molecule has 35 heavy (non-hydrogen) atoms. The summed E-state index contributed by atoms with van der Waals surface area (Å²) in [6.45, 7) is 6.41. The smallest absolute Gasteiger partial charge is 0.407 e. The summed E-state index contributed by atoms with van der Waals surface area (Å²) in [6, 6.07) is 6.84. The van der Waals surface area contributed by atoms with Crippen LogP contribution < -0.4 is 20.9 Å². The number of urea groups is 1. The third kappa shape index (κ3) is 5.77. The van der Waals surface area contributed by atoms with Gasteiger partial charge in [0.2, 0.25) is 5.91 Å². The Bertz CT molecular complexity index is 1110. The van der Waals surface area contributed by atoms with Gasteiger partial charge in [-0.05, 0) is 31.2 Å². The maximum absolute atomic E-state index is 12.0. The lowest BCUT2D eigenvalue weighted by Crippen LogP contribution is -2.44. The standard InChI is InChI=1S/C23H29N7O5/c1-14-13-35-10-9-30(14)21-18-11-29(23(33)34)12-19(18)27-20(28-21)16-3-5-17(6-4-16)26-22(32)25-8-7-24-15(2)31/h3-6,14H,7-13H2,1-2H3,(H,24,31)(H,33,34)(H2,25,26,32). The summed E-state index contributed by atoms with van der Waals surface area (Å²) in [7, 11) is 0. The number of aromatic nitrogens is 2. The van der Waals surface area contributed by atoms with E-state index < -0.39 is 6.09 Å². The Balaban J connectivity index is 1.52. The summed E-state index contributed by atoms with van der Waals surface area (Å²) in [5.41, 5.74) is 2.87. The largest absolute Gasteiger partial charge is 0.465 e. The van der Waals surface area contributed by atoms with Crippen LogP contribution in [0.2, 0.25) is 0 Å². The van der Waals surface area contributed by atoms with Crippen LogP contribution in [0.15, 0.2) is 24.3 Å². The Morgan fingerprint density at radius 1 is 1.11 bits per heavy atom. The maximum atomic E-state index is 12.0. The van der Waals surface area contributed by atoms with E-state index in [1.54, 1.807) is 12.1 Å². The van der Waals surface area contributed by atoms with Gasteiger partial charge in [0.25, 0.3) is 0 Å². The van der Waals surface area contributed by atoms with E-state index in [1.165, 1.54) is 11.8 Å². The average molecular weight is 484 g/mol. The zero-order valence-corrected chi connectivity index (χ0v) is 19.7. The minimum atomic E-state index is -0.990. The second-order valence-electron chi connectivity index (χ2n) is 8.49. The molecule has 2 aromatic rings. The maximum Gasteiger partial charge on any atom is 0.407 e. The SMILES string of the molecule is CC(=O)NCCNC(=O)Nc1ccc(-c2nc3c(c(N4CCOCC4C)n2)CN(C(=O)O)C3)cc1. The first-order chi connectivity index (χ1) is 16.8. The van der Waals surface area contributed by atoms with Crippen LogP contribution in [0.1, 0.15) is 25.1 Å². The molecule has 4 amide bonds. The van der Waals surface area contributed by atoms with E-state index in [4.69, 9.17) is 9.72 Å². The van der Waals surface area contributed by atoms with Crippen molar-refractivity contribution in [2.75, 3.05) is 43.1 Å². The molecule has 0 bridgehead atoms. The number of morpholine rings is 1. The Hall–Kier alpha value is -3.93. The molecule has 1 unspecified atom stereocenters. The summed E-state index contributed by atoms with van der Waals surface area (Å²) in [4.78, 5) is 47.5. The molecule has 1 saturated heterocycles. The number of rotatable bonds is 6. The molecule has 1 atom stereocenters. The van der Waals surface area contributed by atoms with Crippen molar-refractivity contribution in [3.63, 3.8) is 0 Å². The van der Waals surface area contributed by atoms with Crippen molar-refractivity contribution in [1.29, 1.82) is 0 Å². The minimum absolute atomic E-state index is 0.102. The number of carboxylic acid groups (broad SMARTS) is 1. The van der Waals surface area contributed by atoms with Gasteiger partial charge in [-0.2, -0.15) is 0 Å². The van der Waals surface area contributed by atoms with Crippen molar-refractivity contribution in [2.45, 2.75) is 33.0 Å². The quantitative estimate of drug-likeness (QED) is 0.453. The topological polar surface area (TPSA) is 149 Å². The minimum Gasteiger partial charge on any atom is -0.465 e. The molecule has 12 heteroatoms. The molecule has 12 nitrogen and oxygen atoms in total. The molecule has 1 aromatic carbocycles. The van der Waals surface area contributed by atoms with Gasteiger partial charge in [0.05, 0.1) is 38.0 Å². The molecule has 0 spiro atoms. The summed E-state index contributed by atoms with van der Waals surface area (Å²) >= 11 is 0. The lowest BCUT2D eigenvalue weighted by Gasteiger charge is -2.35. The Labute approximate surface area is 202 Å². The Morgan fingerprint density at radius 2 is 1.86 bits per heavy atom. The van der Waals surface area contributed by atoms with E-state index in [0.29, 0.717) is 50.1 Å². The van der Waals surface area contributed by atoms with Crippen LogP contribution in [0.3, 0.4) is 0 Å². The highest BCUT2D eigenvalue weighted by Crippen LogP contribution is 2.33. The van der Waals surface area contributed by atoms with Crippen molar-refractivity contribution in [2.24, 2.45) is 0 Å². The number of hydrogen-bond donors (Lipinski definition) is 4. The Kier molecular flexibility index (Phi) is 7.30. The van der Waals surface area contributed by atoms with E-state index in [1.807, 2.05) is 12.1 Å². The van der Waals surface area contributed by atoms with Crippen LogP contribution >= 0.6 is 0 Å². The van der Waals surface area contributed by atoms with Crippen LogP contribution in [0.25, 0.3) is 11.4 Å². The van der Waals surface area contributed by atoms with Crippen molar-refractivity contribution in [3.05, 3.63) is 35.5 Å². The van der Waals surface area contributed by atoms with Gasteiger partial charge in [-0.15, -0.1) is 0 Å². The van der Waals surface area contributed by atoms with E-state index in [9.17, 15) is 19.5 Å². The second kappa shape index (κ2) is 10.6. The van der Waals surface area contributed by atoms with Gasteiger partial charge >= 0.3 is 12.1 Å². The number of anilines is 2. The summed E-state index contributed by atoms with van der Waals surface area (Å²) in [6.07, 6.45) is -0.990. The van der Waals surface area contributed by atoms with Gasteiger partial charge in [-0.25, -0.2) is 19.6 Å². The first-order valence-electron chi connectivity index (χ1n) is 11.4. The highest BCUT2D eigenvalue weighted by molar-refractivity contribution is 5.89. The molecule has 3 heterocycles. The number of hydrogen-bond acceptors (Lipinski definition) is 7. The molecule has 4 N–H and O–H groups in total. The van der Waals surface area contributed by atoms with Crippen molar-refractivity contribution >= 4 is 29.5 Å². The van der Waals surface area contributed by atoms with E-state index >= 15 is 0 Å². The van der Waals surface area contributed by atoms with Crippen LogP contribution in [-0.2, 0) is 22.6 Å². The van der Waals surface area contributed by atoms with Crippen molar-refractivity contribution in [3.8, 4) is 11.4 Å². The predicted molar refractivity (Wildman–Crippen MR) is 128 cm³/mol. The molecule has 1 fully saturated rings. The second-order valence-corrected chi connectivity index (χ2v) is 8.49. The fourth-order valence-corrected chi connectivity index (χ4v) is 4.07. The summed E-state index contributed by atoms with van der Waals surface area (Å²) < 4.78 is 5.57. The van der Waals surface area contributed by atoms with Gasteiger partial charge in [0.15, 0.2) is 5.82 Å². The molecule has 0 saturated carbocycles. The van der Waals surface area contributed by atoms with Crippen molar-refractivity contribution < 1.29 is 24.2 Å². The molecular weight excluding hydrogens is 454 g/mol. The number of benzene rings is 1. The highest BCUT2D eigenvalue weighted by atomic mass is 16.5. The number of ether oxygens (including phenoxy) is 1. The van der Waals surface area contributed by atoms with E-state index in [0.717, 1.165) is 16.9 Å².